The van der Waals surface area contributed by atoms with Gasteiger partial charge >= 0.3 is 0 Å². The van der Waals surface area contributed by atoms with Gasteiger partial charge in [0.2, 0.25) is 0 Å². The van der Waals surface area contributed by atoms with Crippen LogP contribution in [0.25, 0.3) is 0 Å². The smallest absolute Gasteiger partial charge is 0.261 e. The molecule has 0 aliphatic carbocycles. The molecule has 3 aromatic carbocycles. The molecule has 206 valence electrons. The zero-order chi connectivity index (χ0) is 27.6. The Kier molecular flexibility index (Phi) is 11.3. The van der Waals surface area contributed by atoms with Crippen molar-refractivity contribution in [3.8, 4) is 0 Å². The van der Waals surface area contributed by atoms with E-state index in [1.54, 1.807) is 0 Å². The first-order chi connectivity index (χ1) is 18.1. The summed E-state index contributed by atoms with van der Waals surface area (Å²) in [6, 6.07) is 31.7. The summed E-state index contributed by atoms with van der Waals surface area (Å²) in [5, 5.41) is 2.38. The van der Waals surface area contributed by atoms with Crippen LogP contribution in [0.4, 0.5) is 0 Å². The van der Waals surface area contributed by atoms with Gasteiger partial charge in [0, 0.05) is 0 Å². The van der Waals surface area contributed by atoms with Gasteiger partial charge in [-0.3, -0.25) is 0 Å². The fourth-order valence-electron chi connectivity index (χ4n) is 4.88. The molecule has 0 N–H and O–H groups in total. The van der Waals surface area contributed by atoms with Crippen LogP contribution in [0.1, 0.15) is 54.0 Å². The van der Waals surface area contributed by atoms with Crippen molar-refractivity contribution in [1.29, 1.82) is 0 Å². The van der Waals surface area contributed by atoms with Crippen LogP contribution >= 0.6 is 0 Å². The van der Waals surface area contributed by atoms with E-state index in [9.17, 15) is 0 Å². The van der Waals surface area contributed by atoms with Crippen molar-refractivity contribution in [3.63, 3.8) is 0 Å². The summed E-state index contributed by atoms with van der Waals surface area (Å²) in [6.45, 7) is 16.4. The second-order valence-electron chi connectivity index (χ2n) is 11.4. The average molecular weight is 535 g/mol. The number of benzene rings is 3. The van der Waals surface area contributed by atoms with Crippen LogP contribution < -0.4 is 10.4 Å². The fraction of sp³-hybridized carbons (Fsp3) is 0.455. The van der Waals surface area contributed by atoms with E-state index >= 15 is 0 Å². The Morgan fingerprint density at radius 2 is 1.11 bits per heavy atom. The number of hydrogen-bond donors (Lipinski definition) is 0. The Balaban J connectivity index is 2.00. The van der Waals surface area contributed by atoms with E-state index in [0.717, 1.165) is 5.56 Å². The fourth-order valence-corrected chi connectivity index (χ4v) is 9.45. The highest BCUT2D eigenvalue weighted by molar-refractivity contribution is 6.99. The number of rotatable bonds is 14. The predicted molar refractivity (Wildman–Crippen MR) is 160 cm³/mol. The zero-order valence-corrected chi connectivity index (χ0v) is 25.2. The minimum Gasteiger partial charge on any atom is -0.405 e. The Hall–Kier alpha value is -2.28. The van der Waals surface area contributed by atoms with Gasteiger partial charge in [0.1, 0.15) is 12.2 Å². The second kappa shape index (κ2) is 14.2. The molecule has 0 bridgehead atoms. The maximum absolute atomic E-state index is 7.26. The molecule has 0 heterocycles. The summed E-state index contributed by atoms with van der Waals surface area (Å²) in [6.07, 6.45) is -0.440. The van der Waals surface area contributed by atoms with E-state index in [-0.39, 0.29) is 29.5 Å². The normalized spacial score (nSPS) is 14.1. The van der Waals surface area contributed by atoms with Gasteiger partial charge in [-0.1, -0.05) is 112 Å². The highest BCUT2D eigenvalue weighted by Crippen LogP contribution is 2.37. The molecule has 0 aromatic heterocycles. The molecule has 38 heavy (non-hydrogen) atoms. The lowest BCUT2D eigenvalue weighted by molar-refractivity contribution is -0.141. The molecule has 2 atom stereocenters. The highest BCUT2D eigenvalue weighted by atomic mass is 28.4. The van der Waals surface area contributed by atoms with E-state index in [2.05, 4.69) is 107 Å². The van der Waals surface area contributed by atoms with Crippen molar-refractivity contribution in [2.75, 3.05) is 13.2 Å². The quantitative estimate of drug-likeness (QED) is 0.225. The van der Waals surface area contributed by atoms with Crippen LogP contribution in [0.5, 0.6) is 0 Å². The molecule has 0 saturated heterocycles. The van der Waals surface area contributed by atoms with Crippen molar-refractivity contribution in [1.82, 2.24) is 0 Å². The maximum atomic E-state index is 7.26. The molecule has 3 rings (SSSR count). The third kappa shape index (κ3) is 8.11. The minimum atomic E-state index is -2.73. The van der Waals surface area contributed by atoms with Crippen LogP contribution in [0.2, 0.25) is 5.04 Å². The summed E-state index contributed by atoms with van der Waals surface area (Å²) in [5.74, 6) is 0. The average Bonchev–Trinajstić information content (AvgIpc) is 2.89. The van der Waals surface area contributed by atoms with Gasteiger partial charge in [-0.2, -0.15) is 0 Å². The molecular weight excluding hydrogens is 488 g/mol. The van der Waals surface area contributed by atoms with Gasteiger partial charge in [-0.05, 0) is 48.7 Å². The van der Waals surface area contributed by atoms with Gasteiger partial charge in [-0.15, -0.1) is 0 Å². The topological polar surface area (TPSA) is 36.9 Å². The van der Waals surface area contributed by atoms with Crippen molar-refractivity contribution in [2.45, 2.75) is 84.5 Å². The third-order valence-electron chi connectivity index (χ3n) is 6.64. The van der Waals surface area contributed by atoms with Crippen LogP contribution in [0.15, 0.2) is 91.0 Å². The Labute approximate surface area is 231 Å². The van der Waals surface area contributed by atoms with Gasteiger partial charge in [0.15, 0.2) is 0 Å². The van der Waals surface area contributed by atoms with E-state index in [0.29, 0.717) is 19.8 Å². The van der Waals surface area contributed by atoms with E-state index < -0.39 is 8.32 Å². The van der Waals surface area contributed by atoms with Crippen molar-refractivity contribution >= 4 is 18.7 Å². The largest absolute Gasteiger partial charge is 0.405 e. The molecule has 0 radical (unpaired) electrons. The Morgan fingerprint density at radius 1 is 0.605 bits per heavy atom. The lowest BCUT2D eigenvalue weighted by atomic mass is 10.2. The van der Waals surface area contributed by atoms with Crippen LogP contribution in [0, 0.1) is 0 Å². The third-order valence-corrected chi connectivity index (χ3v) is 11.6. The molecule has 3 aromatic rings. The predicted octanol–water partition coefficient (Wildman–Crippen LogP) is 6.37. The van der Waals surface area contributed by atoms with E-state index in [1.165, 1.54) is 10.4 Å². The molecule has 0 fully saturated rings. The lowest BCUT2D eigenvalue weighted by Crippen LogP contribution is -2.67. The molecule has 0 saturated carbocycles. The zero-order valence-electron chi connectivity index (χ0n) is 24.2. The highest BCUT2D eigenvalue weighted by Gasteiger charge is 2.50. The number of hydrogen-bond acceptors (Lipinski definition) is 4. The second-order valence-corrected chi connectivity index (χ2v) is 15.7. The molecular formula is C33H46O4Si. The van der Waals surface area contributed by atoms with E-state index in [4.69, 9.17) is 18.6 Å². The standard InChI is InChI=1S/C33H46O4Si/c1-26(2)34-24-32(37-27(3)4)31(35-23-28-17-11-8-12-18-28)25-36-38(33(5,6)7,29-19-13-9-14-20-29)30-21-15-10-16-22-30/h8-22,26-27,31-32H,23-25H2,1-7H3/t31-,32-/m0/s1. The summed E-state index contributed by atoms with van der Waals surface area (Å²) in [5.41, 5.74) is 1.12. The Morgan fingerprint density at radius 3 is 1.55 bits per heavy atom. The monoisotopic (exact) mass is 534 g/mol. The first kappa shape index (κ1) is 30.3. The van der Waals surface area contributed by atoms with Crippen LogP contribution in [0.3, 0.4) is 0 Å². The van der Waals surface area contributed by atoms with Crippen molar-refractivity contribution < 1.29 is 18.6 Å². The molecule has 0 aliphatic heterocycles. The molecule has 0 spiro atoms. The van der Waals surface area contributed by atoms with Crippen LogP contribution in [-0.4, -0.2) is 45.9 Å². The summed E-state index contributed by atoms with van der Waals surface area (Å²) in [4.78, 5) is 0. The maximum Gasteiger partial charge on any atom is 0.261 e. The van der Waals surface area contributed by atoms with Gasteiger partial charge in [-0.25, -0.2) is 0 Å². The summed E-state index contributed by atoms with van der Waals surface area (Å²) >= 11 is 0. The number of ether oxygens (including phenoxy) is 3. The SMILES string of the molecule is CC(C)OC[C@H](OC(C)C)[C@H](CO[Si](c1ccccc1)(c1ccccc1)C(C)(C)C)OCc1ccccc1. The lowest BCUT2D eigenvalue weighted by Gasteiger charge is -2.44. The molecule has 0 aliphatic rings. The first-order valence-corrected chi connectivity index (χ1v) is 15.7. The molecule has 0 amide bonds. The van der Waals surface area contributed by atoms with Crippen molar-refractivity contribution in [2.24, 2.45) is 0 Å². The Bertz CT molecular complexity index is 1010. The minimum absolute atomic E-state index is 0.0338. The first-order valence-electron chi connectivity index (χ1n) is 13.8. The van der Waals surface area contributed by atoms with Crippen LogP contribution in [-0.2, 0) is 25.2 Å². The van der Waals surface area contributed by atoms with Gasteiger partial charge in [0.05, 0.1) is 32.0 Å². The summed E-state index contributed by atoms with van der Waals surface area (Å²) < 4.78 is 26.3. The molecule has 0 unspecified atom stereocenters. The van der Waals surface area contributed by atoms with E-state index in [1.807, 2.05) is 32.0 Å². The molecule has 4 nitrogen and oxygen atoms in total. The van der Waals surface area contributed by atoms with Crippen molar-refractivity contribution in [3.05, 3.63) is 96.6 Å². The van der Waals surface area contributed by atoms with Gasteiger partial charge < -0.3 is 18.6 Å². The molecule has 5 heteroatoms. The van der Waals surface area contributed by atoms with Gasteiger partial charge in [0.25, 0.3) is 8.32 Å². The summed E-state index contributed by atoms with van der Waals surface area (Å²) in [7, 11) is -2.73.